The van der Waals surface area contributed by atoms with Crippen molar-refractivity contribution >= 4 is 35.6 Å². The summed E-state index contributed by atoms with van der Waals surface area (Å²) in [7, 11) is 2.97. The second-order valence-electron chi connectivity index (χ2n) is 5.79. The maximum atomic E-state index is 13.1. The smallest absolute Gasteiger partial charge is 0.435 e. The highest BCUT2D eigenvalue weighted by molar-refractivity contribution is 14.0. The van der Waals surface area contributed by atoms with Crippen LogP contribution in [0.5, 0.6) is 11.5 Å². The van der Waals surface area contributed by atoms with E-state index >= 15 is 0 Å². The van der Waals surface area contributed by atoms with Crippen molar-refractivity contribution in [2.24, 2.45) is 12.0 Å². The van der Waals surface area contributed by atoms with Gasteiger partial charge in [0.15, 0.2) is 23.2 Å². The van der Waals surface area contributed by atoms with Crippen molar-refractivity contribution in [1.82, 2.24) is 15.1 Å². The lowest BCUT2D eigenvalue weighted by Crippen LogP contribution is -2.30. The summed E-state index contributed by atoms with van der Waals surface area (Å²) in [5.74, 6) is 1.47. The molecule has 0 unspecified atom stereocenters. The van der Waals surface area contributed by atoms with Crippen LogP contribution in [0.1, 0.15) is 25.1 Å². The average Bonchev–Trinajstić information content (AvgIpc) is 3.02. The van der Waals surface area contributed by atoms with E-state index < -0.39 is 11.9 Å². The van der Waals surface area contributed by atoms with Crippen LogP contribution in [-0.4, -0.2) is 36.0 Å². The Labute approximate surface area is 184 Å². The fourth-order valence-electron chi connectivity index (χ4n) is 2.52. The van der Waals surface area contributed by atoms with Crippen molar-refractivity contribution in [3.8, 4) is 11.5 Å². The van der Waals surface area contributed by atoms with Gasteiger partial charge >= 0.3 is 6.18 Å². The Balaban J connectivity index is 0.00000420. The average molecular weight is 527 g/mol. The number of aromatic nitrogens is 2. The van der Waals surface area contributed by atoms with E-state index in [4.69, 9.17) is 9.47 Å². The summed E-state index contributed by atoms with van der Waals surface area (Å²) < 4.78 is 51.2. The fourth-order valence-corrected chi connectivity index (χ4v) is 2.52. The number of ether oxygens (including phenoxy) is 2. The number of alkyl halides is 3. The van der Waals surface area contributed by atoms with Gasteiger partial charge in [-0.25, -0.2) is 4.99 Å². The molecule has 7 nitrogen and oxygen atoms in total. The quantitative estimate of drug-likeness (QED) is 0.323. The summed E-state index contributed by atoms with van der Waals surface area (Å²) in [5, 5.41) is 9.55. The number of methoxy groups -OCH3 is 1. The Bertz CT molecular complexity index is 824. The molecule has 0 saturated heterocycles. The van der Waals surface area contributed by atoms with E-state index in [1.165, 1.54) is 20.4 Å². The highest BCUT2D eigenvalue weighted by Gasteiger charge is 2.36. The van der Waals surface area contributed by atoms with Gasteiger partial charge in [0.1, 0.15) is 0 Å². The first-order valence-electron chi connectivity index (χ1n) is 8.74. The van der Waals surface area contributed by atoms with Crippen molar-refractivity contribution in [3.05, 3.63) is 35.7 Å². The number of benzene rings is 1. The highest BCUT2D eigenvalue weighted by Crippen LogP contribution is 2.31. The topological polar surface area (TPSA) is 72.7 Å². The van der Waals surface area contributed by atoms with Crippen LogP contribution in [0.25, 0.3) is 0 Å². The van der Waals surface area contributed by atoms with E-state index in [9.17, 15) is 13.2 Å². The number of hydrogen-bond acceptors (Lipinski definition) is 4. The zero-order chi connectivity index (χ0) is 20.7. The van der Waals surface area contributed by atoms with E-state index in [1.54, 1.807) is 18.2 Å². The Kier molecular flexibility index (Phi) is 9.53. The molecule has 1 aromatic carbocycles. The van der Waals surface area contributed by atoms with Gasteiger partial charge < -0.3 is 20.1 Å². The Hall–Kier alpha value is -2.18. The van der Waals surface area contributed by atoms with Gasteiger partial charge in [-0.2, -0.15) is 18.3 Å². The van der Waals surface area contributed by atoms with Crippen molar-refractivity contribution in [3.63, 3.8) is 0 Å². The van der Waals surface area contributed by atoms with Gasteiger partial charge in [-0.05, 0) is 26.0 Å². The zero-order valence-corrected chi connectivity index (χ0v) is 19.0. The lowest BCUT2D eigenvalue weighted by molar-refractivity contribution is -0.142. The molecular weight excluding hydrogens is 502 g/mol. The number of hydrogen-bond donors (Lipinski definition) is 2. The maximum Gasteiger partial charge on any atom is 0.435 e. The number of guanidine groups is 1. The van der Waals surface area contributed by atoms with E-state index in [1.807, 2.05) is 13.8 Å². The van der Waals surface area contributed by atoms with Gasteiger partial charge in [0.2, 0.25) is 0 Å². The second-order valence-corrected chi connectivity index (χ2v) is 5.79. The molecule has 0 aliphatic rings. The van der Waals surface area contributed by atoms with Crippen LogP contribution in [0, 0.1) is 0 Å². The van der Waals surface area contributed by atoms with E-state index in [2.05, 4.69) is 20.7 Å². The predicted molar refractivity (Wildman–Crippen MR) is 116 cm³/mol. The van der Waals surface area contributed by atoms with Gasteiger partial charge in [0.05, 0.1) is 20.3 Å². The summed E-state index contributed by atoms with van der Waals surface area (Å²) in [6.45, 7) is 4.60. The molecule has 2 rings (SSSR count). The number of aliphatic imine (C=N–C) groups is 1. The van der Waals surface area contributed by atoms with Crippen molar-refractivity contribution in [2.45, 2.75) is 26.6 Å². The molecule has 1 heterocycles. The number of nitrogens with zero attached hydrogens (tertiary/aromatic N) is 3. The summed E-state index contributed by atoms with van der Waals surface area (Å²) in [6, 6.07) is 5.24. The number of rotatable bonds is 7. The van der Waals surface area contributed by atoms with Gasteiger partial charge in [-0.1, -0.05) is 0 Å². The van der Waals surface area contributed by atoms with Crippen LogP contribution in [-0.2, 0) is 19.8 Å². The van der Waals surface area contributed by atoms with Crippen LogP contribution in [0.4, 0.5) is 18.9 Å². The van der Waals surface area contributed by atoms with Gasteiger partial charge in [-0.15, -0.1) is 24.0 Å². The SMILES string of the molecule is CCNC(=NCc1cn(C)nc1C(F)(F)F)Nc1ccc(OCC)c(OC)c1.I. The van der Waals surface area contributed by atoms with Crippen LogP contribution >= 0.6 is 24.0 Å². The molecule has 0 fully saturated rings. The first-order valence-corrected chi connectivity index (χ1v) is 8.74. The maximum absolute atomic E-state index is 13.1. The molecule has 0 aliphatic carbocycles. The molecule has 0 spiro atoms. The van der Waals surface area contributed by atoms with Crippen LogP contribution in [0.15, 0.2) is 29.4 Å². The normalized spacial score (nSPS) is 11.6. The number of anilines is 1. The summed E-state index contributed by atoms with van der Waals surface area (Å²) in [6.07, 6.45) is -3.21. The summed E-state index contributed by atoms with van der Waals surface area (Å²) in [4.78, 5) is 4.25. The third-order valence-electron chi connectivity index (χ3n) is 3.65. The Morgan fingerprint density at radius 1 is 1.24 bits per heavy atom. The standard InChI is InChI=1S/C18H24F3N5O2.HI/c1-5-22-17(23-10-12-11-26(3)25-16(12)18(19,20)21)24-13-7-8-14(28-6-2)15(9-13)27-4;/h7-9,11H,5-6,10H2,1-4H3,(H2,22,23,24);1H. The number of aryl methyl sites for hydroxylation is 1. The fraction of sp³-hybridized carbons (Fsp3) is 0.444. The minimum absolute atomic E-state index is 0. The minimum atomic E-state index is -4.53. The first-order chi connectivity index (χ1) is 13.3. The van der Waals surface area contributed by atoms with Gasteiger partial charge in [-0.3, -0.25) is 4.68 Å². The largest absolute Gasteiger partial charge is 0.493 e. The Morgan fingerprint density at radius 3 is 2.55 bits per heavy atom. The molecule has 0 radical (unpaired) electrons. The molecule has 0 atom stereocenters. The van der Waals surface area contributed by atoms with E-state index in [0.717, 1.165) is 4.68 Å². The molecule has 29 heavy (non-hydrogen) atoms. The zero-order valence-electron chi connectivity index (χ0n) is 16.6. The van der Waals surface area contributed by atoms with Crippen LogP contribution < -0.4 is 20.1 Å². The predicted octanol–water partition coefficient (Wildman–Crippen LogP) is 4.04. The molecule has 0 amide bonds. The molecule has 2 aromatic rings. The molecule has 0 saturated carbocycles. The third-order valence-corrected chi connectivity index (χ3v) is 3.65. The third kappa shape index (κ3) is 6.98. The van der Waals surface area contributed by atoms with E-state index in [-0.39, 0.29) is 36.1 Å². The summed E-state index contributed by atoms with van der Waals surface area (Å²) >= 11 is 0. The number of halogens is 4. The highest BCUT2D eigenvalue weighted by atomic mass is 127. The molecular formula is C18H25F3IN5O2. The first kappa shape index (κ1) is 24.9. The van der Waals surface area contributed by atoms with Gasteiger partial charge in [0.25, 0.3) is 0 Å². The lowest BCUT2D eigenvalue weighted by atomic mass is 10.2. The number of nitrogens with one attached hydrogen (secondary N) is 2. The monoisotopic (exact) mass is 527 g/mol. The molecule has 0 aliphatic heterocycles. The molecule has 162 valence electrons. The van der Waals surface area contributed by atoms with Crippen molar-refractivity contribution in [1.29, 1.82) is 0 Å². The molecule has 2 N–H and O–H groups in total. The molecule has 11 heteroatoms. The van der Waals surface area contributed by atoms with Crippen LogP contribution in [0.2, 0.25) is 0 Å². The van der Waals surface area contributed by atoms with Crippen LogP contribution in [0.3, 0.4) is 0 Å². The lowest BCUT2D eigenvalue weighted by Gasteiger charge is -2.14. The molecule has 0 bridgehead atoms. The van der Waals surface area contributed by atoms with Crippen molar-refractivity contribution < 1.29 is 22.6 Å². The Morgan fingerprint density at radius 2 is 1.97 bits per heavy atom. The van der Waals surface area contributed by atoms with Crippen molar-refractivity contribution in [2.75, 3.05) is 25.6 Å². The second kappa shape index (κ2) is 11.1. The summed E-state index contributed by atoms with van der Waals surface area (Å²) in [5.41, 5.74) is -0.281. The van der Waals surface area contributed by atoms with E-state index in [0.29, 0.717) is 36.3 Å². The minimum Gasteiger partial charge on any atom is -0.493 e. The van der Waals surface area contributed by atoms with Gasteiger partial charge in [0, 0.05) is 37.1 Å². The molecule has 1 aromatic heterocycles.